The molecule has 2 N–H and O–H groups in total. The van der Waals surface area contributed by atoms with Crippen LogP contribution in [0.4, 0.5) is 5.69 Å². The monoisotopic (exact) mass is 310 g/mol. The summed E-state index contributed by atoms with van der Waals surface area (Å²) in [6.07, 6.45) is 1.33. The van der Waals surface area contributed by atoms with E-state index in [1.54, 1.807) is 0 Å². The third-order valence-corrected chi connectivity index (χ3v) is 4.57. The molecule has 1 aliphatic heterocycles. The molecular weight excluding hydrogens is 288 g/mol. The third-order valence-electron chi connectivity index (χ3n) is 4.11. The minimum absolute atomic E-state index is 0.597. The second-order valence-corrected chi connectivity index (χ2v) is 6.65. The lowest BCUT2D eigenvalue weighted by atomic mass is 9.85. The van der Waals surface area contributed by atoms with E-state index in [0.717, 1.165) is 22.9 Å². The van der Waals surface area contributed by atoms with E-state index in [9.17, 15) is 0 Å². The molecule has 100 valence electrons. The van der Waals surface area contributed by atoms with Crippen molar-refractivity contribution >= 4 is 21.6 Å². The van der Waals surface area contributed by atoms with Crippen LogP contribution >= 0.6 is 15.9 Å². The highest BCUT2D eigenvalue weighted by molar-refractivity contribution is 9.10. The molecule has 0 amide bonds. The Labute approximate surface area is 119 Å². The molecule has 18 heavy (non-hydrogen) atoms. The molecule has 1 aromatic carbocycles. The van der Waals surface area contributed by atoms with E-state index in [0.29, 0.717) is 12.6 Å². The van der Waals surface area contributed by atoms with E-state index in [1.165, 1.54) is 17.7 Å². The van der Waals surface area contributed by atoms with Crippen LogP contribution in [0.1, 0.15) is 32.8 Å². The van der Waals surface area contributed by atoms with E-state index in [1.807, 2.05) is 0 Å². The van der Waals surface area contributed by atoms with E-state index in [-0.39, 0.29) is 0 Å². The van der Waals surface area contributed by atoms with Crippen molar-refractivity contribution in [1.82, 2.24) is 0 Å². The topological polar surface area (TPSA) is 29.3 Å². The zero-order valence-electron chi connectivity index (χ0n) is 11.5. The molecule has 1 aliphatic rings. The third kappa shape index (κ3) is 2.89. The van der Waals surface area contributed by atoms with Crippen molar-refractivity contribution in [3.05, 3.63) is 28.2 Å². The first-order valence-electron chi connectivity index (χ1n) is 6.77. The molecule has 0 spiro atoms. The molecule has 2 rings (SSSR count). The average Bonchev–Trinajstić information content (AvgIpc) is 2.32. The van der Waals surface area contributed by atoms with Gasteiger partial charge in [0.05, 0.1) is 0 Å². The van der Waals surface area contributed by atoms with Crippen molar-refractivity contribution in [2.24, 2.45) is 17.6 Å². The van der Waals surface area contributed by atoms with Gasteiger partial charge in [0.25, 0.3) is 0 Å². The number of nitrogens with zero attached hydrogens (tertiary/aromatic N) is 1. The maximum Gasteiger partial charge on any atom is 0.0383 e. The normalized spacial score (nSPS) is 28.5. The smallest absolute Gasteiger partial charge is 0.0383 e. The van der Waals surface area contributed by atoms with Gasteiger partial charge in [0.15, 0.2) is 0 Å². The Kier molecular flexibility index (Phi) is 4.33. The molecule has 3 unspecified atom stereocenters. The Morgan fingerprint density at radius 2 is 2.00 bits per heavy atom. The molecule has 1 fully saturated rings. The van der Waals surface area contributed by atoms with Gasteiger partial charge in [0.2, 0.25) is 0 Å². The molecule has 1 aromatic rings. The molecule has 3 heteroatoms. The van der Waals surface area contributed by atoms with Crippen molar-refractivity contribution in [2.45, 2.75) is 39.8 Å². The van der Waals surface area contributed by atoms with Gasteiger partial charge in [-0.05, 0) is 48.9 Å². The summed E-state index contributed by atoms with van der Waals surface area (Å²) in [5.74, 6) is 1.51. The molecular formula is C15H23BrN2. The Bertz CT molecular complexity index is 419. The van der Waals surface area contributed by atoms with E-state index in [2.05, 4.69) is 59.8 Å². The fourth-order valence-electron chi connectivity index (χ4n) is 2.97. The zero-order valence-corrected chi connectivity index (χ0v) is 13.1. The van der Waals surface area contributed by atoms with Crippen molar-refractivity contribution in [1.29, 1.82) is 0 Å². The summed E-state index contributed by atoms with van der Waals surface area (Å²) in [6.45, 7) is 8.78. The van der Waals surface area contributed by atoms with Crippen LogP contribution in [0.25, 0.3) is 0 Å². The fourth-order valence-corrected chi connectivity index (χ4v) is 3.50. The molecule has 0 saturated carbocycles. The largest absolute Gasteiger partial charge is 0.368 e. The van der Waals surface area contributed by atoms with E-state index in [4.69, 9.17) is 5.73 Å². The molecule has 0 aliphatic carbocycles. The summed E-state index contributed by atoms with van der Waals surface area (Å²) < 4.78 is 1.12. The summed E-state index contributed by atoms with van der Waals surface area (Å²) in [4.78, 5) is 2.53. The van der Waals surface area contributed by atoms with Gasteiger partial charge in [-0.1, -0.05) is 29.8 Å². The maximum atomic E-state index is 5.77. The van der Waals surface area contributed by atoms with Crippen molar-refractivity contribution in [3.63, 3.8) is 0 Å². The number of hydrogen-bond donors (Lipinski definition) is 1. The minimum atomic E-state index is 0.597. The van der Waals surface area contributed by atoms with Crippen LogP contribution in [0.2, 0.25) is 0 Å². The lowest BCUT2D eigenvalue weighted by Gasteiger charge is -2.43. The Morgan fingerprint density at radius 1 is 1.28 bits per heavy atom. The van der Waals surface area contributed by atoms with Crippen LogP contribution < -0.4 is 10.6 Å². The highest BCUT2D eigenvalue weighted by atomic mass is 79.9. The van der Waals surface area contributed by atoms with E-state index >= 15 is 0 Å². The molecule has 3 atom stereocenters. The van der Waals surface area contributed by atoms with Gasteiger partial charge in [0.1, 0.15) is 0 Å². The van der Waals surface area contributed by atoms with E-state index < -0.39 is 0 Å². The zero-order chi connectivity index (χ0) is 13.3. The number of rotatable bonds is 2. The molecule has 0 bridgehead atoms. The number of hydrogen-bond acceptors (Lipinski definition) is 2. The highest BCUT2D eigenvalue weighted by Gasteiger charge is 2.29. The number of benzene rings is 1. The van der Waals surface area contributed by atoms with Gasteiger partial charge in [-0.3, -0.25) is 0 Å². The lowest BCUT2D eigenvalue weighted by molar-refractivity contribution is 0.297. The van der Waals surface area contributed by atoms with Crippen molar-refractivity contribution < 1.29 is 0 Å². The van der Waals surface area contributed by atoms with Crippen LogP contribution in [0, 0.1) is 11.8 Å². The predicted octanol–water partition coefficient (Wildman–Crippen LogP) is 3.78. The van der Waals surface area contributed by atoms with Crippen molar-refractivity contribution in [2.75, 3.05) is 11.4 Å². The fraction of sp³-hybridized carbons (Fsp3) is 0.600. The molecule has 1 heterocycles. The first-order chi connectivity index (χ1) is 8.51. The summed E-state index contributed by atoms with van der Waals surface area (Å²) in [7, 11) is 0. The Balaban J connectivity index is 2.31. The minimum Gasteiger partial charge on any atom is -0.368 e. The quantitative estimate of drug-likeness (QED) is 0.900. The van der Waals surface area contributed by atoms with Crippen LogP contribution in [-0.4, -0.2) is 12.6 Å². The van der Waals surface area contributed by atoms with Gasteiger partial charge in [-0.2, -0.15) is 0 Å². The van der Waals surface area contributed by atoms with Gasteiger partial charge >= 0.3 is 0 Å². The Morgan fingerprint density at radius 3 is 2.67 bits per heavy atom. The predicted molar refractivity (Wildman–Crippen MR) is 81.8 cm³/mol. The lowest BCUT2D eigenvalue weighted by Crippen LogP contribution is -2.45. The first kappa shape index (κ1) is 13.9. The molecule has 0 radical (unpaired) electrons. The average molecular weight is 311 g/mol. The number of nitrogens with two attached hydrogens (primary N) is 1. The summed E-state index contributed by atoms with van der Waals surface area (Å²) in [6, 6.07) is 7.14. The van der Waals surface area contributed by atoms with Gasteiger partial charge in [-0.25, -0.2) is 0 Å². The number of halogens is 1. The van der Waals surface area contributed by atoms with Crippen molar-refractivity contribution in [3.8, 4) is 0 Å². The Hall–Kier alpha value is -0.540. The van der Waals surface area contributed by atoms with Gasteiger partial charge < -0.3 is 10.6 Å². The maximum absolute atomic E-state index is 5.77. The second-order valence-electron chi connectivity index (χ2n) is 5.73. The summed E-state index contributed by atoms with van der Waals surface area (Å²) in [5, 5.41) is 0. The van der Waals surface area contributed by atoms with Crippen LogP contribution in [-0.2, 0) is 6.54 Å². The van der Waals surface area contributed by atoms with Crippen LogP contribution in [0.3, 0.4) is 0 Å². The molecule has 1 saturated heterocycles. The van der Waals surface area contributed by atoms with Gasteiger partial charge in [0, 0.05) is 29.3 Å². The van der Waals surface area contributed by atoms with Crippen LogP contribution in [0.15, 0.2) is 22.7 Å². The first-order valence-corrected chi connectivity index (χ1v) is 7.56. The number of piperidine rings is 1. The number of anilines is 1. The molecule has 0 aromatic heterocycles. The summed E-state index contributed by atoms with van der Waals surface area (Å²) >= 11 is 3.59. The second kappa shape index (κ2) is 5.62. The summed E-state index contributed by atoms with van der Waals surface area (Å²) in [5.41, 5.74) is 8.26. The standard InChI is InChI=1S/C15H23BrN2/c1-10-4-11(2)12(3)18(9-10)15-6-13(8-17)5-14(16)7-15/h5-7,10-12H,4,8-9,17H2,1-3H3. The van der Waals surface area contributed by atoms with Crippen LogP contribution in [0.5, 0.6) is 0 Å². The SMILES string of the molecule is CC1CC(C)C(C)N(c2cc(Br)cc(CN)c2)C1. The molecule has 2 nitrogen and oxygen atoms in total. The highest BCUT2D eigenvalue weighted by Crippen LogP contribution is 2.33. The van der Waals surface area contributed by atoms with Gasteiger partial charge in [-0.15, -0.1) is 0 Å².